The number of carbonyl (C=O) groups excluding carboxylic acids is 4. The van der Waals surface area contributed by atoms with E-state index in [1.54, 1.807) is 4.90 Å². The highest BCUT2D eigenvalue weighted by Crippen LogP contribution is 2.46. The standard InChI is InChI=1S/C21H33N3O6/c1-13-6-20(4,5)12-21(7-13)18(27)24(19(28)22-21)10-17(26)29-11-16(25)23-8-14(2)30-15(3)9-23/h13-15H,6-12H2,1-5H3,(H,22,28)/t13-,14-,15+,21+/m0/s1. The number of nitrogens with one attached hydrogen (secondary N) is 1. The minimum absolute atomic E-state index is 0.0855. The molecule has 0 unspecified atom stereocenters. The Balaban J connectivity index is 1.56. The fourth-order valence-corrected chi connectivity index (χ4v) is 5.44. The Morgan fingerprint density at radius 2 is 1.77 bits per heavy atom. The van der Waals surface area contributed by atoms with Crippen LogP contribution in [0.5, 0.6) is 0 Å². The maximum atomic E-state index is 13.1. The number of nitrogens with zero attached hydrogens (tertiary/aromatic N) is 2. The number of rotatable bonds is 4. The van der Waals surface area contributed by atoms with Crippen molar-refractivity contribution in [1.29, 1.82) is 0 Å². The predicted molar refractivity (Wildman–Crippen MR) is 107 cm³/mol. The maximum Gasteiger partial charge on any atom is 0.326 e. The van der Waals surface area contributed by atoms with E-state index in [-0.39, 0.29) is 35.4 Å². The van der Waals surface area contributed by atoms with Crippen molar-refractivity contribution in [1.82, 2.24) is 15.1 Å². The van der Waals surface area contributed by atoms with Crippen molar-refractivity contribution in [3.8, 4) is 0 Å². The second-order valence-electron chi connectivity index (χ2n) is 9.97. The number of amides is 4. The minimum Gasteiger partial charge on any atom is -0.454 e. The molecule has 2 saturated heterocycles. The summed E-state index contributed by atoms with van der Waals surface area (Å²) < 4.78 is 10.7. The molecule has 1 saturated carbocycles. The molecule has 1 N–H and O–H groups in total. The first-order valence-electron chi connectivity index (χ1n) is 10.6. The number of urea groups is 1. The molecular weight excluding hydrogens is 390 g/mol. The van der Waals surface area contributed by atoms with Gasteiger partial charge in [-0.2, -0.15) is 0 Å². The van der Waals surface area contributed by atoms with Crippen molar-refractivity contribution in [2.75, 3.05) is 26.2 Å². The zero-order valence-corrected chi connectivity index (χ0v) is 18.5. The second kappa shape index (κ2) is 8.17. The Kier molecular flexibility index (Phi) is 6.13. The third-order valence-electron chi connectivity index (χ3n) is 6.04. The molecule has 2 aliphatic heterocycles. The van der Waals surface area contributed by atoms with Crippen molar-refractivity contribution in [3.05, 3.63) is 0 Å². The fraction of sp³-hybridized carbons (Fsp3) is 0.810. The number of esters is 1. The fourth-order valence-electron chi connectivity index (χ4n) is 5.44. The minimum atomic E-state index is -0.964. The number of carbonyl (C=O) groups is 4. The summed E-state index contributed by atoms with van der Waals surface area (Å²) >= 11 is 0. The molecule has 4 atom stereocenters. The average molecular weight is 424 g/mol. The van der Waals surface area contributed by atoms with Gasteiger partial charge >= 0.3 is 12.0 Å². The topological polar surface area (TPSA) is 105 Å². The highest BCUT2D eigenvalue weighted by atomic mass is 16.5. The number of imide groups is 1. The van der Waals surface area contributed by atoms with Gasteiger partial charge in [-0.3, -0.25) is 19.3 Å². The lowest BCUT2D eigenvalue weighted by molar-refractivity contribution is -0.158. The Morgan fingerprint density at radius 3 is 2.37 bits per heavy atom. The molecule has 0 aromatic heterocycles. The van der Waals surface area contributed by atoms with E-state index in [1.165, 1.54) is 0 Å². The Hall–Kier alpha value is -2.16. The summed E-state index contributed by atoms with van der Waals surface area (Å²) in [5, 5.41) is 2.83. The summed E-state index contributed by atoms with van der Waals surface area (Å²) in [6.07, 6.45) is 1.89. The Morgan fingerprint density at radius 1 is 1.13 bits per heavy atom. The van der Waals surface area contributed by atoms with E-state index >= 15 is 0 Å². The van der Waals surface area contributed by atoms with Crippen LogP contribution in [0.2, 0.25) is 0 Å². The molecule has 4 amide bonds. The molecule has 1 spiro atoms. The number of hydrogen-bond acceptors (Lipinski definition) is 6. The number of ether oxygens (including phenoxy) is 2. The third-order valence-corrected chi connectivity index (χ3v) is 6.04. The predicted octanol–water partition coefficient (Wildman–Crippen LogP) is 1.30. The van der Waals surface area contributed by atoms with Gasteiger partial charge in [0.2, 0.25) is 0 Å². The van der Waals surface area contributed by atoms with Gasteiger partial charge in [-0.05, 0) is 44.4 Å². The SMILES string of the molecule is C[C@H]1CC(C)(C)C[C@@]2(C1)NC(=O)N(CC(=O)OCC(=O)N1C[C@@H](C)O[C@@H](C)C1)C2=O. The molecule has 9 nitrogen and oxygen atoms in total. The van der Waals surface area contributed by atoms with Gasteiger partial charge in [0.1, 0.15) is 12.1 Å². The molecule has 2 heterocycles. The molecule has 3 rings (SSSR count). The van der Waals surface area contributed by atoms with E-state index in [0.29, 0.717) is 25.9 Å². The molecule has 3 aliphatic rings. The van der Waals surface area contributed by atoms with Crippen molar-refractivity contribution < 1.29 is 28.7 Å². The molecule has 0 bridgehead atoms. The third kappa shape index (κ3) is 4.77. The van der Waals surface area contributed by atoms with Gasteiger partial charge in [0, 0.05) is 13.1 Å². The van der Waals surface area contributed by atoms with Crippen LogP contribution in [0, 0.1) is 11.3 Å². The van der Waals surface area contributed by atoms with Gasteiger partial charge in [0.05, 0.1) is 12.2 Å². The quantitative estimate of drug-likeness (QED) is 0.540. The van der Waals surface area contributed by atoms with Gasteiger partial charge in [-0.15, -0.1) is 0 Å². The molecule has 3 fully saturated rings. The summed E-state index contributed by atoms with van der Waals surface area (Å²) in [7, 11) is 0. The first-order chi connectivity index (χ1) is 13.9. The summed E-state index contributed by atoms with van der Waals surface area (Å²) in [5.74, 6) is -1.20. The summed E-state index contributed by atoms with van der Waals surface area (Å²) in [5.41, 5.74) is -1.05. The molecule has 0 radical (unpaired) electrons. The molecule has 168 valence electrons. The summed E-state index contributed by atoms with van der Waals surface area (Å²) in [4.78, 5) is 52.7. The lowest BCUT2D eigenvalue weighted by Gasteiger charge is -2.43. The summed E-state index contributed by atoms with van der Waals surface area (Å²) in [6, 6.07) is -0.580. The molecule has 9 heteroatoms. The second-order valence-corrected chi connectivity index (χ2v) is 9.97. The molecule has 0 aromatic rings. The number of morpholine rings is 1. The highest BCUT2D eigenvalue weighted by Gasteiger charge is 2.56. The van der Waals surface area contributed by atoms with Gasteiger partial charge in [-0.1, -0.05) is 20.8 Å². The zero-order valence-electron chi connectivity index (χ0n) is 18.5. The number of hydrogen-bond donors (Lipinski definition) is 1. The van der Waals surface area contributed by atoms with Crippen LogP contribution < -0.4 is 5.32 Å². The van der Waals surface area contributed by atoms with Crippen molar-refractivity contribution in [2.45, 2.75) is 71.6 Å². The molecule has 0 aromatic carbocycles. The van der Waals surface area contributed by atoms with Crippen molar-refractivity contribution >= 4 is 23.8 Å². The van der Waals surface area contributed by atoms with Crippen LogP contribution in [-0.2, 0) is 23.9 Å². The van der Waals surface area contributed by atoms with Gasteiger partial charge in [0.25, 0.3) is 11.8 Å². The van der Waals surface area contributed by atoms with Crippen LogP contribution in [0.3, 0.4) is 0 Å². The van der Waals surface area contributed by atoms with E-state index in [9.17, 15) is 19.2 Å². The van der Waals surface area contributed by atoms with Gasteiger partial charge < -0.3 is 19.7 Å². The van der Waals surface area contributed by atoms with Crippen LogP contribution in [0.15, 0.2) is 0 Å². The smallest absolute Gasteiger partial charge is 0.326 e. The highest BCUT2D eigenvalue weighted by molar-refractivity contribution is 6.08. The lowest BCUT2D eigenvalue weighted by atomic mass is 9.64. The van der Waals surface area contributed by atoms with Crippen LogP contribution in [-0.4, -0.2) is 77.6 Å². The van der Waals surface area contributed by atoms with E-state index < -0.39 is 30.7 Å². The maximum absolute atomic E-state index is 13.1. The Bertz CT molecular complexity index is 728. The van der Waals surface area contributed by atoms with E-state index in [1.807, 2.05) is 13.8 Å². The first-order valence-corrected chi connectivity index (χ1v) is 10.6. The van der Waals surface area contributed by atoms with Crippen molar-refractivity contribution in [3.63, 3.8) is 0 Å². The van der Waals surface area contributed by atoms with Crippen LogP contribution in [0.25, 0.3) is 0 Å². The van der Waals surface area contributed by atoms with Crippen LogP contribution in [0.1, 0.15) is 53.9 Å². The van der Waals surface area contributed by atoms with Crippen LogP contribution >= 0.6 is 0 Å². The summed E-state index contributed by atoms with van der Waals surface area (Å²) in [6.45, 7) is 9.94. The van der Waals surface area contributed by atoms with E-state index in [2.05, 4.69) is 26.1 Å². The van der Waals surface area contributed by atoms with Gasteiger partial charge in [0.15, 0.2) is 6.61 Å². The normalized spacial score (nSPS) is 33.6. The average Bonchev–Trinajstić information content (AvgIpc) is 2.80. The van der Waals surface area contributed by atoms with Crippen LogP contribution in [0.4, 0.5) is 4.79 Å². The molecular formula is C21H33N3O6. The molecule has 1 aliphatic carbocycles. The van der Waals surface area contributed by atoms with Crippen molar-refractivity contribution in [2.24, 2.45) is 11.3 Å². The van der Waals surface area contributed by atoms with E-state index in [0.717, 1.165) is 11.3 Å². The van der Waals surface area contributed by atoms with E-state index in [4.69, 9.17) is 9.47 Å². The molecule has 30 heavy (non-hydrogen) atoms. The lowest BCUT2D eigenvalue weighted by Crippen LogP contribution is -2.54. The van der Waals surface area contributed by atoms with Gasteiger partial charge in [-0.25, -0.2) is 4.79 Å². The first kappa shape index (κ1) is 22.5. The largest absolute Gasteiger partial charge is 0.454 e. The zero-order chi connectivity index (χ0) is 22.3. The Labute approximate surface area is 177 Å². The monoisotopic (exact) mass is 423 g/mol.